The van der Waals surface area contributed by atoms with Crippen LogP contribution in [0.2, 0.25) is 0 Å². The molecule has 0 aliphatic heterocycles. The molecule has 2 nitrogen and oxygen atoms in total. The predicted molar refractivity (Wildman–Crippen MR) is 40.9 cm³/mol. The van der Waals surface area contributed by atoms with E-state index in [1.54, 1.807) is 0 Å². The number of hydrogen-bond donors (Lipinski definition) is 1. The monoisotopic (exact) mass is 150 g/mol. The van der Waals surface area contributed by atoms with Crippen molar-refractivity contribution in [2.45, 2.75) is 39.4 Å². The Morgan fingerprint density at radius 3 is 2.50 bits per heavy atom. The summed E-state index contributed by atoms with van der Waals surface area (Å²) in [5.74, 6) is -4.24. The van der Waals surface area contributed by atoms with Crippen molar-refractivity contribution in [2.24, 2.45) is 5.89 Å². The van der Waals surface area contributed by atoms with Gasteiger partial charge < -0.3 is 5.11 Å². The number of carbonyl (C=O) groups is 1. The van der Waals surface area contributed by atoms with Crippen molar-refractivity contribution >= 4 is 5.97 Å². The summed E-state index contributed by atoms with van der Waals surface area (Å²) in [7, 11) is 0. The van der Waals surface area contributed by atoms with Crippen molar-refractivity contribution in [3.8, 4) is 0 Å². The second kappa shape index (κ2) is 5.27. The maximum absolute atomic E-state index is 11.4. The van der Waals surface area contributed by atoms with Crippen molar-refractivity contribution in [2.75, 3.05) is 0 Å². The summed E-state index contributed by atoms with van der Waals surface area (Å²) in [5.41, 5.74) is 0. The Bertz CT molecular complexity index is 249. The third-order valence-electron chi connectivity index (χ3n) is 0.911. The van der Waals surface area contributed by atoms with Crippen LogP contribution in [0.25, 0.3) is 1.43 Å². The average Bonchev–Trinajstić information content (AvgIpc) is 2.26. The molecule has 2 heteroatoms. The molecule has 0 amide bonds. The Kier molecular flexibility index (Phi) is 1.71. The fraction of sp³-hybridized carbons (Fsp3) is 0.875. The van der Waals surface area contributed by atoms with E-state index in [4.69, 9.17) is 8.28 Å². The molecule has 0 heterocycles. The van der Waals surface area contributed by atoms with Crippen LogP contribution in [0.3, 0.4) is 0 Å². The molecule has 0 saturated carbocycles. The van der Waals surface area contributed by atoms with E-state index in [0.717, 1.165) is 0 Å². The Morgan fingerprint density at radius 2 is 2.20 bits per heavy atom. The first-order chi connectivity index (χ1) is 7.10. The third kappa shape index (κ3) is 3.49. The number of carboxylic acid groups (broad SMARTS) is 1. The normalized spacial score (nSPS) is 22.6. The minimum absolute atomic E-state index is 0.217. The van der Waals surface area contributed by atoms with Crippen molar-refractivity contribution in [3.05, 3.63) is 0 Å². The quantitative estimate of drug-likeness (QED) is 0.653. The second-order valence-electron chi connectivity index (χ2n) is 1.72. The Hall–Kier alpha value is -0.530. The molecule has 0 aliphatic carbocycles. The van der Waals surface area contributed by atoms with Gasteiger partial charge in [-0.15, -0.1) is 0 Å². The highest BCUT2D eigenvalue weighted by molar-refractivity contribution is 5.69. The van der Waals surface area contributed by atoms with E-state index in [9.17, 15) is 4.79 Å². The molecular weight excluding hydrogens is 128 g/mol. The van der Waals surface area contributed by atoms with Crippen LogP contribution in [0.4, 0.5) is 0 Å². The molecule has 0 radical (unpaired) electrons. The van der Waals surface area contributed by atoms with Gasteiger partial charge in [0.05, 0.1) is 5.89 Å². The van der Waals surface area contributed by atoms with E-state index in [-0.39, 0.29) is 12.8 Å². The highest BCUT2D eigenvalue weighted by atomic mass is 16.4. The van der Waals surface area contributed by atoms with E-state index in [1.165, 1.54) is 13.8 Å². The summed E-state index contributed by atoms with van der Waals surface area (Å²) in [5, 5.41) is 3.64. The number of aliphatic carboxylic acids is 1. The van der Waals surface area contributed by atoms with Gasteiger partial charge in [0.25, 0.3) is 1.43 Å². The summed E-state index contributed by atoms with van der Waals surface area (Å²) >= 11 is 0. The van der Waals surface area contributed by atoms with E-state index >= 15 is 0 Å². The summed E-state index contributed by atoms with van der Waals surface area (Å²) < 4.78 is 44.6. The third-order valence-corrected chi connectivity index (χ3v) is 0.911. The first-order valence-corrected chi connectivity index (χ1v) is 3.28. The summed E-state index contributed by atoms with van der Waals surface area (Å²) in [4.78, 5) is 11.4. The molecule has 0 atom stereocenters. The maximum Gasteiger partial charge on any atom is 0.306 e. The first-order valence-electron chi connectivity index (χ1n) is 6.19. The van der Waals surface area contributed by atoms with Gasteiger partial charge in [-0.05, 0) is 12.7 Å². The zero-order chi connectivity index (χ0) is 13.2. The number of rotatable bonds is 5. The number of hydrogen-bond acceptors (Lipinski definition) is 2. The van der Waals surface area contributed by atoms with Crippen LogP contribution in [0.1, 0.15) is 46.3 Å². The standard InChI is InChI=1S/C8H16O2/c1-3-5-7(6-4-2)8(9)10/h7H,3-6H2,1-2H3,(H,9,10)/i5D2,6D2,7D/hD. The molecule has 0 aliphatic rings. The molecule has 0 saturated heterocycles. The summed E-state index contributed by atoms with van der Waals surface area (Å²) in [6.45, 7) is 2.82. The average molecular weight is 150 g/mol. The van der Waals surface area contributed by atoms with Crippen molar-refractivity contribution < 1.29 is 16.8 Å². The lowest BCUT2D eigenvalue weighted by atomic mass is 9.99. The molecule has 0 unspecified atom stereocenters. The van der Waals surface area contributed by atoms with Crippen LogP contribution < -0.4 is 0 Å². The predicted octanol–water partition coefficient (Wildman–Crippen LogP) is 2.29. The van der Waals surface area contributed by atoms with E-state index in [2.05, 4.69) is 5.11 Å². The minimum atomic E-state index is -2.73. The fourth-order valence-electron chi connectivity index (χ4n) is 0.560. The molecule has 0 spiro atoms. The highest BCUT2D eigenvalue weighted by Gasteiger charge is 2.13. The lowest BCUT2D eigenvalue weighted by molar-refractivity contribution is -0.142. The molecule has 1 N–H and O–H groups in total. The topological polar surface area (TPSA) is 37.3 Å². The van der Waals surface area contributed by atoms with E-state index < -0.39 is 24.6 Å². The maximum atomic E-state index is 11.4. The van der Waals surface area contributed by atoms with Gasteiger partial charge in [-0.2, -0.15) is 0 Å². The van der Waals surface area contributed by atoms with Crippen molar-refractivity contribution in [3.63, 3.8) is 0 Å². The summed E-state index contributed by atoms with van der Waals surface area (Å²) in [6.07, 6.45) is -5.23. The van der Waals surface area contributed by atoms with Crippen LogP contribution in [-0.2, 0) is 4.79 Å². The Labute approximate surface area is 70.8 Å². The van der Waals surface area contributed by atoms with Gasteiger partial charge in [0, 0.05) is 6.85 Å². The van der Waals surface area contributed by atoms with Crippen molar-refractivity contribution in [1.29, 1.82) is 1.43 Å². The molecule has 0 aromatic rings. The highest BCUT2D eigenvalue weighted by Crippen LogP contribution is 2.12. The van der Waals surface area contributed by atoms with Gasteiger partial charge in [-0.1, -0.05) is 26.7 Å². The van der Waals surface area contributed by atoms with Gasteiger partial charge in [0.2, 0.25) is 0 Å². The van der Waals surface area contributed by atoms with Gasteiger partial charge >= 0.3 is 5.97 Å². The van der Waals surface area contributed by atoms with Crippen LogP contribution >= 0.6 is 0 Å². The SMILES string of the molecule is [2H]OC(=O)C([2H])(C([2H])([2H])CC)C([2H])([2H])CC. The minimum Gasteiger partial charge on any atom is -0.481 e. The molecule has 0 bridgehead atoms. The first kappa shape index (κ1) is 3.24. The fourth-order valence-corrected chi connectivity index (χ4v) is 0.560. The largest absolute Gasteiger partial charge is 0.481 e. The van der Waals surface area contributed by atoms with Gasteiger partial charge in [0.15, 0.2) is 0 Å². The zero-order valence-electron chi connectivity index (χ0n) is 12.2. The lowest BCUT2D eigenvalue weighted by Crippen LogP contribution is -2.12. The smallest absolute Gasteiger partial charge is 0.306 e. The van der Waals surface area contributed by atoms with Crippen LogP contribution in [-0.4, -0.2) is 11.1 Å². The number of carboxylic acids is 1. The molecule has 0 fully saturated rings. The van der Waals surface area contributed by atoms with Crippen LogP contribution in [0.15, 0.2) is 0 Å². The molecular formula is C8H16O2. The molecule has 0 aromatic carbocycles. The Morgan fingerprint density at radius 1 is 1.70 bits per heavy atom. The lowest BCUT2D eigenvalue weighted by Gasteiger charge is -2.07. The molecule has 0 aromatic heterocycles. The van der Waals surface area contributed by atoms with Crippen LogP contribution in [0.5, 0.6) is 0 Å². The zero-order valence-corrected chi connectivity index (χ0v) is 6.23. The van der Waals surface area contributed by atoms with Gasteiger partial charge in [-0.25, -0.2) is 0 Å². The molecule has 0 rings (SSSR count). The molecule has 10 heavy (non-hydrogen) atoms. The summed E-state index contributed by atoms with van der Waals surface area (Å²) in [6, 6.07) is 0. The Balaban J connectivity index is 5.64. The van der Waals surface area contributed by atoms with E-state index in [1.807, 2.05) is 0 Å². The van der Waals surface area contributed by atoms with Crippen LogP contribution in [0, 0.1) is 5.89 Å². The van der Waals surface area contributed by atoms with Crippen molar-refractivity contribution in [1.82, 2.24) is 0 Å². The van der Waals surface area contributed by atoms with Gasteiger partial charge in [-0.3, -0.25) is 4.79 Å². The second-order valence-corrected chi connectivity index (χ2v) is 1.72. The van der Waals surface area contributed by atoms with Gasteiger partial charge in [0.1, 0.15) is 0 Å². The molecule has 60 valence electrons. The van der Waals surface area contributed by atoms with E-state index in [0.29, 0.717) is 0 Å².